The molecule has 1 aliphatic carbocycles. The van der Waals surface area contributed by atoms with Gasteiger partial charge in [-0.3, -0.25) is 9.59 Å². The Hall–Kier alpha value is -3.02. The third-order valence-corrected chi connectivity index (χ3v) is 6.08. The zero-order valence-electron chi connectivity index (χ0n) is 17.7. The zero-order valence-corrected chi connectivity index (χ0v) is 17.7. The first-order chi connectivity index (χ1) is 14.5. The molecule has 1 N–H and O–H groups in total. The van der Waals surface area contributed by atoms with Crippen molar-refractivity contribution in [2.75, 3.05) is 27.3 Å². The standard InChI is InChI=1S/C24H28N2O4/c1-15-6-4-5-7-18(15)24(28)26-13-20(21(14-26)23(27)25-16-8-9-16)19-11-10-17(29-2)12-22(19)30-3/h4-7,10-12,16,20-21H,8-9,13-14H2,1-3H3,(H,25,27). The number of aryl methyl sites for hydroxylation is 1. The van der Waals surface area contributed by atoms with Gasteiger partial charge >= 0.3 is 0 Å². The smallest absolute Gasteiger partial charge is 0.254 e. The summed E-state index contributed by atoms with van der Waals surface area (Å²) in [5.41, 5.74) is 2.54. The SMILES string of the molecule is COc1ccc(C2CN(C(=O)c3ccccc3C)CC2C(=O)NC2CC2)c(OC)c1. The normalized spacial score (nSPS) is 20.7. The molecule has 2 aliphatic rings. The number of nitrogens with zero attached hydrogens (tertiary/aromatic N) is 1. The lowest BCUT2D eigenvalue weighted by Crippen LogP contribution is -2.36. The third kappa shape index (κ3) is 3.99. The lowest BCUT2D eigenvalue weighted by molar-refractivity contribution is -0.125. The van der Waals surface area contributed by atoms with Crippen LogP contribution in [-0.4, -0.2) is 50.1 Å². The van der Waals surface area contributed by atoms with Crippen LogP contribution >= 0.6 is 0 Å². The van der Waals surface area contributed by atoms with E-state index < -0.39 is 0 Å². The van der Waals surface area contributed by atoms with Crippen LogP contribution in [-0.2, 0) is 4.79 Å². The summed E-state index contributed by atoms with van der Waals surface area (Å²) in [4.78, 5) is 28.1. The minimum atomic E-state index is -0.319. The number of nitrogens with one attached hydrogen (secondary N) is 1. The van der Waals surface area contributed by atoms with Crippen LogP contribution in [0.1, 0.15) is 40.2 Å². The van der Waals surface area contributed by atoms with Crippen LogP contribution < -0.4 is 14.8 Å². The van der Waals surface area contributed by atoms with E-state index in [-0.39, 0.29) is 29.7 Å². The predicted molar refractivity (Wildman–Crippen MR) is 114 cm³/mol. The number of rotatable bonds is 6. The summed E-state index contributed by atoms with van der Waals surface area (Å²) in [5.74, 6) is 0.889. The molecule has 0 spiro atoms. The fraction of sp³-hybridized carbons (Fsp3) is 0.417. The molecule has 6 nitrogen and oxygen atoms in total. The van der Waals surface area contributed by atoms with Gasteiger partial charge in [0.15, 0.2) is 0 Å². The van der Waals surface area contributed by atoms with E-state index in [2.05, 4.69) is 5.32 Å². The molecular weight excluding hydrogens is 380 g/mol. The van der Waals surface area contributed by atoms with E-state index in [1.54, 1.807) is 19.1 Å². The van der Waals surface area contributed by atoms with Crippen LogP contribution in [0.2, 0.25) is 0 Å². The first-order valence-electron chi connectivity index (χ1n) is 10.4. The molecule has 2 aromatic rings. The Morgan fingerprint density at radius 2 is 1.80 bits per heavy atom. The van der Waals surface area contributed by atoms with Gasteiger partial charge in [-0.15, -0.1) is 0 Å². The van der Waals surface area contributed by atoms with Crippen molar-refractivity contribution in [3.63, 3.8) is 0 Å². The summed E-state index contributed by atoms with van der Waals surface area (Å²) >= 11 is 0. The van der Waals surface area contributed by atoms with E-state index in [1.165, 1.54) is 0 Å². The Labute approximate surface area is 177 Å². The monoisotopic (exact) mass is 408 g/mol. The fourth-order valence-corrected chi connectivity index (χ4v) is 4.19. The molecule has 6 heteroatoms. The average Bonchev–Trinajstić information content (AvgIpc) is 3.47. The molecule has 2 amide bonds. The van der Waals surface area contributed by atoms with Crippen LogP contribution in [0.15, 0.2) is 42.5 Å². The van der Waals surface area contributed by atoms with Crippen molar-refractivity contribution < 1.29 is 19.1 Å². The minimum Gasteiger partial charge on any atom is -0.497 e. The number of likely N-dealkylation sites (tertiary alicyclic amines) is 1. The van der Waals surface area contributed by atoms with Gasteiger partial charge in [0, 0.05) is 42.2 Å². The first kappa shape index (κ1) is 20.3. The van der Waals surface area contributed by atoms with E-state index in [9.17, 15) is 9.59 Å². The van der Waals surface area contributed by atoms with E-state index in [0.717, 1.165) is 24.0 Å². The molecule has 4 rings (SSSR count). The van der Waals surface area contributed by atoms with Gasteiger partial charge in [0.2, 0.25) is 5.91 Å². The average molecular weight is 408 g/mol. The summed E-state index contributed by atoms with van der Waals surface area (Å²) in [6.45, 7) is 2.80. The summed E-state index contributed by atoms with van der Waals surface area (Å²) in [6.07, 6.45) is 2.06. The van der Waals surface area contributed by atoms with Gasteiger partial charge in [-0.2, -0.15) is 0 Å². The van der Waals surface area contributed by atoms with Crippen molar-refractivity contribution in [2.24, 2.45) is 5.92 Å². The number of benzene rings is 2. The van der Waals surface area contributed by atoms with Crippen LogP contribution in [0.3, 0.4) is 0 Å². The molecule has 30 heavy (non-hydrogen) atoms. The molecule has 158 valence electrons. The second-order valence-corrected chi connectivity index (χ2v) is 8.13. The summed E-state index contributed by atoms with van der Waals surface area (Å²) in [6, 6.07) is 13.5. The Bertz CT molecular complexity index is 954. The quantitative estimate of drug-likeness (QED) is 0.797. The minimum absolute atomic E-state index is 0.0143. The van der Waals surface area contributed by atoms with E-state index in [1.807, 2.05) is 49.4 Å². The molecular formula is C24H28N2O4. The fourth-order valence-electron chi connectivity index (χ4n) is 4.19. The van der Waals surface area contributed by atoms with E-state index in [4.69, 9.17) is 9.47 Å². The summed E-state index contributed by atoms with van der Waals surface area (Å²) in [7, 11) is 3.22. The Balaban J connectivity index is 1.65. The highest BCUT2D eigenvalue weighted by Crippen LogP contribution is 2.40. The van der Waals surface area contributed by atoms with Gasteiger partial charge < -0.3 is 19.7 Å². The molecule has 1 heterocycles. The number of amides is 2. The highest BCUT2D eigenvalue weighted by molar-refractivity contribution is 5.96. The second-order valence-electron chi connectivity index (χ2n) is 8.13. The topological polar surface area (TPSA) is 67.9 Å². The highest BCUT2D eigenvalue weighted by atomic mass is 16.5. The molecule has 1 saturated heterocycles. The van der Waals surface area contributed by atoms with E-state index in [0.29, 0.717) is 30.2 Å². The number of ether oxygens (including phenoxy) is 2. The molecule has 0 bridgehead atoms. The molecule has 2 aromatic carbocycles. The van der Waals surface area contributed by atoms with Gasteiger partial charge in [-0.05, 0) is 37.5 Å². The number of hydrogen-bond acceptors (Lipinski definition) is 4. The molecule has 1 aliphatic heterocycles. The molecule has 2 fully saturated rings. The highest BCUT2D eigenvalue weighted by Gasteiger charge is 2.43. The van der Waals surface area contributed by atoms with Crippen LogP contribution in [0.5, 0.6) is 11.5 Å². The Morgan fingerprint density at radius 3 is 2.47 bits per heavy atom. The van der Waals surface area contributed by atoms with Crippen LogP contribution in [0.4, 0.5) is 0 Å². The van der Waals surface area contributed by atoms with E-state index >= 15 is 0 Å². The first-order valence-corrected chi connectivity index (χ1v) is 10.4. The Kier molecular flexibility index (Phi) is 5.66. The third-order valence-electron chi connectivity index (χ3n) is 6.08. The number of hydrogen-bond donors (Lipinski definition) is 1. The maximum absolute atomic E-state index is 13.2. The lowest BCUT2D eigenvalue weighted by atomic mass is 9.87. The second kappa shape index (κ2) is 8.38. The van der Waals surface area contributed by atoms with Gasteiger partial charge in [0.25, 0.3) is 5.91 Å². The van der Waals surface area contributed by atoms with Crippen molar-refractivity contribution in [2.45, 2.75) is 31.7 Å². The Morgan fingerprint density at radius 1 is 1.03 bits per heavy atom. The number of carbonyl (C=O) groups excluding carboxylic acids is 2. The van der Waals surface area contributed by atoms with Crippen molar-refractivity contribution in [1.29, 1.82) is 0 Å². The van der Waals surface area contributed by atoms with Gasteiger partial charge in [-0.25, -0.2) is 0 Å². The van der Waals surface area contributed by atoms with Crippen LogP contribution in [0, 0.1) is 12.8 Å². The van der Waals surface area contributed by atoms with Crippen LogP contribution in [0.25, 0.3) is 0 Å². The van der Waals surface area contributed by atoms with Crippen molar-refractivity contribution in [3.05, 3.63) is 59.2 Å². The number of carbonyl (C=O) groups is 2. The molecule has 2 atom stereocenters. The zero-order chi connectivity index (χ0) is 21.3. The largest absolute Gasteiger partial charge is 0.497 e. The molecule has 0 aromatic heterocycles. The molecule has 0 radical (unpaired) electrons. The van der Waals surface area contributed by atoms with Gasteiger partial charge in [0.1, 0.15) is 11.5 Å². The lowest BCUT2D eigenvalue weighted by Gasteiger charge is -2.21. The number of methoxy groups -OCH3 is 2. The summed E-state index contributed by atoms with van der Waals surface area (Å²) in [5, 5.41) is 3.12. The molecule has 1 saturated carbocycles. The van der Waals surface area contributed by atoms with Crippen molar-refractivity contribution >= 4 is 11.8 Å². The van der Waals surface area contributed by atoms with Crippen molar-refractivity contribution in [1.82, 2.24) is 10.2 Å². The maximum atomic E-state index is 13.2. The molecule has 2 unspecified atom stereocenters. The maximum Gasteiger partial charge on any atom is 0.254 e. The summed E-state index contributed by atoms with van der Waals surface area (Å²) < 4.78 is 10.9. The predicted octanol–water partition coefficient (Wildman–Crippen LogP) is 3.15. The van der Waals surface area contributed by atoms with Gasteiger partial charge in [0.05, 0.1) is 20.1 Å². The van der Waals surface area contributed by atoms with Gasteiger partial charge in [-0.1, -0.05) is 24.3 Å². The van der Waals surface area contributed by atoms with Crippen molar-refractivity contribution in [3.8, 4) is 11.5 Å².